The van der Waals surface area contributed by atoms with E-state index >= 15 is 0 Å². The minimum absolute atomic E-state index is 0.0128. The van der Waals surface area contributed by atoms with E-state index in [4.69, 9.17) is 28.2 Å². The van der Waals surface area contributed by atoms with Crippen molar-refractivity contribution in [1.82, 2.24) is 19.4 Å². The fourth-order valence-corrected chi connectivity index (χ4v) is 4.41. The molecule has 32 heavy (non-hydrogen) atoms. The maximum absolute atomic E-state index is 13.4. The van der Waals surface area contributed by atoms with Gasteiger partial charge in [0.1, 0.15) is 17.7 Å². The van der Waals surface area contributed by atoms with E-state index in [9.17, 15) is 14.0 Å². The van der Waals surface area contributed by atoms with Crippen LogP contribution in [0.3, 0.4) is 0 Å². The molecule has 0 N–H and O–H groups in total. The van der Waals surface area contributed by atoms with E-state index in [0.717, 1.165) is 5.56 Å². The molecule has 1 aliphatic rings. The molecule has 4 rings (SSSR count). The standard InChI is InChI=1S/C23H23Cl2FN4O2/c1-14(23(32)29-9-7-28(8-10-29)15(2)31)30-21-13-19(25)18(24)12-20(21)27-22(30)11-16-3-5-17(26)6-4-16/h3-6,12-14H,7-11H2,1-2H3. The lowest BCUT2D eigenvalue weighted by Crippen LogP contribution is -2.51. The second-order valence-electron chi connectivity index (χ2n) is 7.96. The molecule has 2 heterocycles. The highest BCUT2D eigenvalue weighted by molar-refractivity contribution is 6.42. The Balaban J connectivity index is 1.69. The highest BCUT2D eigenvalue weighted by Crippen LogP contribution is 2.31. The molecule has 6 nitrogen and oxygen atoms in total. The molecule has 2 aromatic carbocycles. The van der Waals surface area contributed by atoms with E-state index in [1.54, 1.807) is 34.1 Å². The average Bonchev–Trinajstić information content (AvgIpc) is 3.11. The van der Waals surface area contributed by atoms with Gasteiger partial charge in [0.25, 0.3) is 0 Å². The first kappa shape index (κ1) is 22.6. The molecule has 2 amide bonds. The van der Waals surface area contributed by atoms with E-state index in [1.807, 2.05) is 11.5 Å². The van der Waals surface area contributed by atoms with Crippen molar-refractivity contribution in [3.8, 4) is 0 Å². The summed E-state index contributed by atoms with van der Waals surface area (Å²) in [6, 6.07) is 9.07. The minimum Gasteiger partial charge on any atom is -0.339 e. The Morgan fingerprint density at radius 2 is 1.62 bits per heavy atom. The zero-order valence-electron chi connectivity index (χ0n) is 17.8. The van der Waals surface area contributed by atoms with Crippen molar-refractivity contribution in [1.29, 1.82) is 0 Å². The fraction of sp³-hybridized carbons (Fsp3) is 0.348. The van der Waals surface area contributed by atoms with Crippen LogP contribution in [0, 0.1) is 5.82 Å². The molecule has 1 fully saturated rings. The quantitative estimate of drug-likeness (QED) is 0.563. The van der Waals surface area contributed by atoms with Crippen molar-refractivity contribution in [2.75, 3.05) is 26.2 Å². The van der Waals surface area contributed by atoms with Gasteiger partial charge in [-0.05, 0) is 36.8 Å². The smallest absolute Gasteiger partial charge is 0.245 e. The summed E-state index contributed by atoms with van der Waals surface area (Å²) < 4.78 is 15.2. The molecule has 3 aromatic rings. The fourth-order valence-electron chi connectivity index (χ4n) is 4.10. The third-order valence-corrected chi connectivity index (χ3v) is 6.58. The molecule has 1 unspecified atom stereocenters. The molecule has 0 saturated carbocycles. The van der Waals surface area contributed by atoms with E-state index in [0.29, 0.717) is 59.5 Å². The summed E-state index contributed by atoms with van der Waals surface area (Å²) in [5.41, 5.74) is 2.21. The highest BCUT2D eigenvalue weighted by Gasteiger charge is 2.29. The normalized spacial score (nSPS) is 15.3. The number of amides is 2. The Morgan fingerprint density at radius 1 is 1.03 bits per heavy atom. The molecule has 1 atom stereocenters. The van der Waals surface area contributed by atoms with Gasteiger partial charge in [0.2, 0.25) is 11.8 Å². The lowest BCUT2D eigenvalue weighted by atomic mass is 10.1. The van der Waals surface area contributed by atoms with E-state index in [-0.39, 0.29) is 17.6 Å². The van der Waals surface area contributed by atoms with Crippen LogP contribution in [0.25, 0.3) is 11.0 Å². The molecule has 1 aliphatic heterocycles. The first-order valence-electron chi connectivity index (χ1n) is 10.4. The zero-order valence-corrected chi connectivity index (χ0v) is 19.3. The van der Waals surface area contributed by atoms with Crippen molar-refractivity contribution < 1.29 is 14.0 Å². The third kappa shape index (κ3) is 4.45. The summed E-state index contributed by atoms with van der Waals surface area (Å²) in [7, 11) is 0. The van der Waals surface area contributed by atoms with E-state index in [2.05, 4.69) is 0 Å². The van der Waals surface area contributed by atoms with Gasteiger partial charge in [0.15, 0.2) is 0 Å². The summed E-state index contributed by atoms with van der Waals surface area (Å²) in [4.78, 5) is 33.2. The summed E-state index contributed by atoms with van der Waals surface area (Å²) in [5.74, 6) is 0.306. The number of aromatic nitrogens is 2. The Labute approximate surface area is 195 Å². The number of hydrogen-bond donors (Lipinski definition) is 0. The Kier molecular flexibility index (Phi) is 6.40. The van der Waals surface area contributed by atoms with Crippen molar-refractivity contribution in [3.63, 3.8) is 0 Å². The van der Waals surface area contributed by atoms with Gasteiger partial charge in [-0.2, -0.15) is 0 Å². The van der Waals surface area contributed by atoms with Crippen LogP contribution < -0.4 is 0 Å². The number of fused-ring (bicyclic) bond motifs is 1. The number of nitrogens with zero attached hydrogens (tertiary/aromatic N) is 4. The van der Waals surface area contributed by atoms with Crippen molar-refractivity contribution >= 4 is 46.0 Å². The molecule has 0 bridgehead atoms. The number of benzene rings is 2. The van der Waals surface area contributed by atoms with Gasteiger partial charge in [-0.1, -0.05) is 35.3 Å². The van der Waals surface area contributed by atoms with Gasteiger partial charge in [-0.25, -0.2) is 9.37 Å². The predicted octanol–water partition coefficient (Wildman–Crippen LogP) is 4.32. The van der Waals surface area contributed by atoms with Gasteiger partial charge in [-0.15, -0.1) is 0 Å². The number of carbonyl (C=O) groups excluding carboxylic acids is 2. The van der Waals surface area contributed by atoms with E-state index in [1.165, 1.54) is 19.1 Å². The van der Waals surface area contributed by atoms with Gasteiger partial charge in [0.05, 0.1) is 21.1 Å². The van der Waals surface area contributed by atoms with Crippen LogP contribution in [0.2, 0.25) is 10.0 Å². The first-order chi connectivity index (χ1) is 15.2. The van der Waals surface area contributed by atoms with Crippen LogP contribution in [0.5, 0.6) is 0 Å². The van der Waals surface area contributed by atoms with Crippen LogP contribution in [-0.4, -0.2) is 57.3 Å². The lowest BCUT2D eigenvalue weighted by molar-refractivity contribution is -0.140. The Bertz CT molecular complexity index is 1170. The van der Waals surface area contributed by atoms with Crippen LogP contribution in [0.1, 0.15) is 31.3 Å². The van der Waals surface area contributed by atoms with Gasteiger partial charge < -0.3 is 14.4 Å². The number of rotatable bonds is 4. The second kappa shape index (κ2) is 9.08. The van der Waals surface area contributed by atoms with Gasteiger partial charge in [0, 0.05) is 39.5 Å². The maximum Gasteiger partial charge on any atom is 0.245 e. The Hall–Kier alpha value is -2.64. The molecular formula is C23H23Cl2FN4O2. The molecule has 0 aliphatic carbocycles. The molecule has 1 aromatic heterocycles. The molecule has 9 heteroatoms. The van der Waals surface area contributed by atoms with Gasteiger partial charge >= 0.3 is 0 Å². The second-order valence-corrected chi connectivity index (χ2v) is 8.78. The summed E-state index contributed by atoms with van der Waals surface area (Å²) >= 11 is 12.5. The molecule has 0 spiro atoms. The topological polar surface area (TPSA) is 58.4 Å². The summed E-state index contributed by atoms with van der Waals surface area (Å²) in [6.45, 7) is 5.36. The number of carbonyl (C=O) groups is 2. The monoisotopic (exact) mass is 476 g/mol. The number of halogens is 3. The van der Waals surface area contributed by atoms with Crippen LogP contribution >= 0.6 is 23.2 Å². The maximum atomic E-state index is 13.4. The molecule has 168 valence electrons. The van der Waals surface area contributed by atoms with Crippen molar-refractivity contribution in [2.24, 2.45) is 0 Å². The molecule has 0 radical (unpaired) electrons. The van der Waals surface area contributed by atoms with Crippen LogP contribution in [-0.2, 0) is 16.0 Å². The number of piperazine rings is 1. The summed E-state index contributed by atoms with van der Waals surface area (Å²) in [6.07, 6.45) is 0.417. The zero-order chi connectivity index (χ0) is 23.0. The SMILES string of the molecule is CC(=O)N1CCN(C(=O)C(C)n2c(Cc3ccc(F)cc3)nc3cc(Cl)c(Cl)cc32)CC1. The predicted molar refractivity (Wildman–Crippen MR) is 123 cm³/mol. The van der Waals surface area contributed by atoms with Crippen molar-refractivity contribution in [2.45, 2.75) is 26.3 Å². The average molecular weight is 477 g/mol. The highest BCUT2D eigenvalue weighted by atomic mass is 35.5. The van der Waals surface area contributed by atoms with Crippen LogP contribution in [0.15, 0.2) is 36.4 Å². The first-order valence-corrected chi connectivity index (χ1v) is 11.1. The molecule has 1 saturated heterocycles. The molecular weight excluding hydrogens is 454 g/mol. The minimum atomic E-state index is -0.545. The Morgan fingerprint density at radius 3 is 2.25 bits per heavy atom. The van der Waals surface area contributed by atoms with E-state index < -0.39 is 6.04 Å². The number of hydrogen-bond acceptors (Lipinski definition) is 3. The third-order valence-electron chi connectivity index (χ3n) is 5.86. The van der Waals surface area contributed by atoms with Gasteiger partial charge in [-0.3, -0.25) is 9.59 Å². The van der Waals surface area contributed by atoms with Crippen LogP contribution in [0.4, 0.5) is 4.39 Å². The largest absolute Gasteiger partial charge is 0.339 e. The number of imidazole rings is 1. The van der Waals surface area contributed by atoms with Crippen molar-refractivity contribution in [3.05, 3.63) is 63.6 Å². The lowest BCUT2D eigenvalue weighted by Gasteiger charge is -2.36. The summed E-state index contributed by atoms with van der Waals surface area (Å²) in [5, 5.41) is 0.764.